The number of hydrogen-bond acceptors (Lipinski definition) is 4. The number of benzene rings is 1. The zero-order valence-corrected chi connectivity index (χ0v) is 10.5. The minimum absolute atomic E-state index is 0.197. The third kappa shape index (κ3) is 2.48. The third-order valence-electron chi connectivity index (χ3n) is 2.55. The number of thioether (sulfide) groups is 1. The fraction of sp³-hybridized carbons (Fsp3) is 0.167. The molecule has 5 nitrogen and oxygen atoms in total. The van der Waals surface area contributed by atoms with Gasteiger partial charge in [0, 0.05) is 22.9 Å². The summed E-state index contributed by atoms with van der Waals surface area (Å²) in [7, 11) is 0. The highest BCUT2D eigenvalue weighted by atomic mass is 32.2. The monoisotopic (exact) mass is 264 g/mol. The van der Waals surface area contributed by atoms with E-state index in [1.165, 1.54) is 11.1 Å². The Hall–Kier alpha value is -1.95. The Bertz CT molecular complexity index is 528. The number of carboxylic acid groups (broad SMARTS) is 1. The van der Waals surface area contributed by atoms with Gasteiger partial charge in [0.15, 0.2) is 0 Å². The average Bonchev–Trinajstić information content (AvgIpc) is 2.37. The highest BCUT2D eigenvalue weighted by Crippen LogP contribution is 2.27. The van der Waals surface area contributed by atoms with Crippen molar-refractivity contribution < 1.29 is 14.7 Å². The summed E-state index contributed by atoms with van der Waals surface area (Å²) in [6.07, 6.45) is 4.15. The maximum Gasteiger partial charge on any atom is 0.329 e. The van der Waals surface area contributed by atoms with Crippen LogP contribution in [0.5, 0.6) is 0 Å². The van der Waals surface area contributed by atoms with Crippen molar-refractivity contribution in [2.45, 2.75) is 4.90 Å². The molecule has 6 heteroatoms. The summed E-state index contributed by atoms with van der Waals surface area (Å²) in [5, 5.41) is 11.6. The number of amides is 1. The van der Waals surface area contributed by atoms with Crippen LogP contribution in [0.3, 0.4) is 0 Å². The molecule has 1 amide bonds. The van der Waals surface area contributed by atoms with Crippen LogP contribution in [0.4, 0.5) is 5.69 Å². The first-order chi connectivity index (χ1) is 8.61. The molecule has 0 fully saturated rings. The molecular weight excluding hydrogens is 252 g/mol. The van der Waals surface area contributed by atoms with Crippen LogP contribution in [0.15, 0.2) is 35.4 Å². The SMILES string of the molecule is CSc1ccc2c(c1)C(=O)N(/C=C/C(=O)O)CN2. The molecule has 1 aliphatic rings. The number of nitrogens with one attached hydrogen (secondary N) is 1. The van der Waals surface area contributed by atoms with E-state index in [0.29, 0.717) is 5.56 Å². The van der Waals surface area contributed by atoms with Crippen LogP contribution in [-0.2, 0) is 4.79 Å². The van der Waals surface area contributed by atoms with E-state index < -0.39 is 5.97 Å². The van der Waals surface area contributed by atoms with E-state index >= 15 is 0 Å². The maximum absolute atomic E-state index is 12.1. The molecule has 0 aliphatic carbocycles. The van der Waals surface area contributed by atoms with Crippen molar-refractivity contribution >= 4 is 29.3 Å². The molecule has 0 unspecified atom stereocenters. The molecule has 0 bridgehead atoms. The van der Waals surface area contributed by atoms with Gasteiger partial charge in [0.25, 0.3) is 5.91 Å². The third-order valence-corrected chi connectivity index (χ3v) is 3.28. The summed E-state index contributed by atoms with van der Waals surface area (Å²) in [6.45, 7) is 0.272. The van der Waals surface area contributed by atoms with E-state index in [0.717, 1.165) is 16.7 Å². The fourth-order valence-electron chi connectivity index (χ4n) is 1.65. The zero-order chi connectivity index (χ0) is 13.1. The van der Waals surface area contributed by atoms with E-state index in [9.17, 15) is 9.59 Å². The topological polar surface area (TPSA) is 69.6 Å². The Labute approximate surface area is 108 Å². The molecule has 0 spiro atoms. The summed E-state index contributed by atoms with van der Waals surface area (Å²) in [5.41, 5.74) is 1.33. The molecular formula is C12H12N2O3S. The minimum atomic E-state index is -1.08. The van der Waals surface area contributed by atoms with Gasteiger partial charge in [-0.15, -0.1) is 11.8 Å². The van der Waals surface area contributed by atoms with Gasteiger partial charge in [-0.25, -0.2) is 4.79 Å². The van der Waals surface area contributed by atoms with Gasteiger partial charge in [-0.2, -0.15) is 0 Å². The van der Waals surface area contributed by atoms with Crippen molar-refractivity contribution in [1.82, 2.24) is 4.90 Å². The Morgan fingerprint density at radius 1 is 1.56 bits per heavy atom. The van der Waals surface area contributed by atoms with Crippen LogP contribution in [-0.4, -0.2) is 34.8 Å². The second-order valence-electron chi connectivity index (χ2n) is 3.68. The molecule has 0 atom stereocenters. The first-order valence-electron chi connectivity index (χ1n) is 5.26. The lowest BCUT2D eigenvalue weighted by molar-refractivity contribution is -0.131. The van der Waals surface area contributed by atoms with Crippen LogP contribution < -0.4 is 5.32 Å². The van der Waals surface area contributed by atoms with E-state index in [-0.39, 0.29) is 12.6 Å². The largest absolute Gasteiger partial charge is 0.478 e. The molecule has 2 N–H and O–H groups in total. The number of carbonyl (C=O) groups is 2. The summed E-state index contributed by atoms with van der Waals surface area (Å²) < 4.78 is 0. The number of hydrogen-bond donors (Lipinski definition) is 2. The smallest absolute Gasteiger partial charge is 0.329 e. The van der Waals surface area contributed by atoms with Crippen LogP contribution in [0, 0.1) is 0 Å². The molecule has 94 valence electrons. The molecule has 1 heterocycles. The molecule has 0 saturated carbocycles. The highest BCUT2D eigenvalue weighted by molar-refractivity contribution is 7.98. The molecule has 0 saturated heterocycles. The number of nitrogens with zero attached hydrogens (tertiary/aromatic N) is 1. The van der Waals surface area contributed by atoms with Gasteiger partial charge in [-0.05, 0) is 24.5 Å². The first-order valence-corrected chi connectivity index (χ1v) is 6.48. The van der Waals surface area contributed by atoms with Gasteiger partial charge in [-0.1, -0.05) is 0 Å². The van der Waals surface area contributed by atoms with Crippen LogP contribution in [0.1, 0.15) is 10.4 Å². The quantitative estimate of drug-likeness (QED) is 0.644. The first kappa shape index (κ1) is 12.5. The van der Waals surface area contributed by atoms with Gasteiger partial charge in [0.1, 0.15) is 0 Å². The van der Waals surface area contributed by atoms with E-state index in [1.807, 2.05) is 18.4 Å². The predicted molar refractivity (Wildman–Crippen MR) is 69.7 cm³/mol. The Morgan fingerprint density at radius 3 is 3.00 bits per heavy atom. The molecule has 0 aromatic heterocycles. The molecule has 18 heavy (non-hydrogen) atoms. The molecule has 2 rings (SSSR count). The summed E-state index contributed by atoms with van der Waals surface area (Å²) in [4.78, 5) is 24.9. The number of carboxylic acids is 1. The Kier molecular flexibility index (Phi) is 3.57. The summed E-state index contributed by atoms with van der Waals surface area (Å²) in [5.74, 6) is -1.27. The van der Waals surface area contributed by atoms with Crippen LogP contribution >= 0.6 is 11.8 Å². The average molecular weight is 264 g/mol. The van der Waals surface area contributed by atoms with Crippen molar-refractivity contribution in [3.63, 3.8) is 0 Å². The summed E-state index contributed by atoms with van der Waals surface area (Å²) >= 11 is 1.55. The zero-order valence-electron chi connectivity index (χ0n) is 9.71. The predicted octanol–water partition coefficient (Wildman–Crippen LogP) is 1.83. The number of fused-ring (bicyclic) bond motifs is 1. The van der Waals surface area contributed by atoms with E-state index in [2.05, 4.69) is 5.32 Å². The number of anilines is 1. The minimum Gasteiger partial charge on any atom is -0.478 e. The lowest BCUT2D eigenvalue weighted by Gasteiger charge is -2.27. The lowest BCUT2D eigenvalue weighted by atomic mass is 10.1. The molecule has 1 aromatic rings. The summed E-state index contributed by atoms with van der Waals surface area (Å²) in [6, 6.07) is 5.60. The molecule has 1 aliphatic heterocycles. The standard InChI is InChI=1S/C12H12N2O3S/c1-18-8-2-3-10-9(6-8)12(17)14(7-13-10)5-4-11(15)16/h2-6,13H,7H2,1H3,(H,15,16)/b5-4+. The van der Waals surface area contributed by atoms with Gasteiger partial charge >= 0.3 is 5.97 Å². The van der Waals surface area contributed by atoms with Crippen molar-refractivity contribution in [2.75, 3.05) is 18.2 Å². The molecule has 1 aromatic carbocycles. The van der Waals surface area contributed by atoms with Crippen LogP contribution in [0.2, 0.25) is 0 Å². The molecule has 0 radical (unpaired) electrons. The normalized spacial score (nSPS) is 14.5. The Balaban J connectivity index is 2.29. The maximum atomic E-state index is 12.1. The van der Waals surface area contributed by atoms with Gasteiger partial charge in [0.05, 0.1) is 12.2 Å². The van der Waals surface area contributed by atoms with Crippen molar-refractivity contribution in [1.29, 1.82) is 0 Å². The number of rotatable bonds is 3. The van der Waals surface area contributed by atoms with Crippen LogP contribution in [0.25, 0.3) is 0 Å². The van der Waals surface area contributed by atoms with Gasteiger partial charge < -0.3 is 10.4 Å². The lowest BCUT2D eigenvalue weighted by Crippen LogP contribution is -2.36. The van der Waals surface area contributed by atoms with E-state index in [1.54, 1.807) is 17.8 Å². The Morgan fingerprint density at radius 2 is 2.33 bits per heavy atom. The highest BCUT2D eigenvalue weighted by Gasteiger charge is 2.22. The fourth-order valence-corrected chi connectivity index (χ4v) is 2.09. The van der Waals surface area contributed by atoms with Crippen molar-refractivity contribution in [2.24, 2.45) is 0 Å². The van der Waals surface area contributed by atoms with Gasteiger partial charge in [-0.3, -0.25) is 9.69 Å². The van der Waals surface area contributed by atoms with Crippen molar-refractivity contribution in [3.8, 4) is 0 Å². The number of aliphatic carboxylic acids is 1. The number of carbonyl (C=O) groups excluding carboxylic acids is 1. The van der Waals surface area contributed by atoms with Crippen molar-refractivity contribution in [3.05, 3.63) is 36.0 Å². The second-order valence-corrected chi connectivity index (χ2v) is 4.55. The van der Waals surface area contributed by atoms with Gasteiger partial charge in [0.2, 0.25) is 0 Å². The second kappa shape index (κ2) is 5.14. The van der Waals surface area contributed by atoms with E-state index in [4.69, 9.17) is 5.11 Å².